The lowest BCUT2D eigenvalue weighted by atomic mass is 10.4. The van der Waals surface area contributed by atoms with Crippen molar-refractivity contribution in [2.75, 3.05) is 0 Å². The van der Waals surface area contributed by atoms with Crippen LogP contribution in [-0.4, -0.2) is 22.1 Å². The van der Waals surface area contributed by atoms with Gasteiger partial charge in [0.2, 0.25) is 0 Å². The van der Waals surface area contributed by atoms with Crippen molar-refractivity contribution in [3.8, 4) is 0 Å². The smallest absolute Gasteiger partial charge is 0.223 e. The summed E-state index contributed by atoms with van der Waals surface area (Å²) in [5, 5.41) is -0.550. The Morgan fingerprint density at radius 2 is 1.31 bits per heavy atom. The molecule has 0 aliphatic heterocycles. The largest absolute Gasteiger partial charge is 0.261 e. The molecule has 0 bridgehead atoms. The fourth-order valence-corrected chi connectivity index (χ4v) is 2.89. The number of benzene rings is 1. The van der Waals surface area contributed by atoms with E-state index in [1.807, 2.05) is 0 Å². The van der Waals surface area contributed by atoms with Crippen LogP contribution in [0.3, 0.4) is 0 Å². The van der Waals surface area contributed by atoms with E-state index in [-0.39, 0.29) is 9.79 Å². The molecule has 7 heteroatoms. The standard InChI is InChI=1S/C9H11ClO4S2/c1-7(2)15(11,12)8-3-5-9(6-4-8)16(10,13)14/h3-7H,1-2H3. The predicted octanol–water partition coefficient (Wildman–Crippen LogP) is 1.80. The molecule has 1 aromatic rings. The summed E-state index contributed by atoms with van der Waals surface area (Å²) in [7, 11) is -2.07. The number of halogens is 1. The average molecular weight is 283 g/mol. The Morgan fingerprint density at radius 3 is 1.62 bits per heavy atom. The number of rotatable bonds is 3. The molecule has 0 heterocycles. The molecule has 0 aliphatic carbocycles. The minimum absolute atomic E-state index is 0.0894. The first-order valence-corrected chi connectivity index (χ1v) is 8.30. The monoisotopic (exact) mass is 282 g/mol. The normalized spacial score (nSPS) is 13.0. The molecule has 0 unspecified atom stereocenters. The molecule has 0 radical (unpaired) electrons. The van der Waals surface area contributed by atoms with Crippen molar-refractivity contribution in [2.45, 2.75) is 28.9 Å². The fourth-order valence-electron chi connectivity index (χ4n) is 1.06. The molecule has 0 aromatic heterocycles. The van der Waals surface area contributed by atoms with Crippen LogP contribution in [0.25, 0.3) is 0 Å². The van der Waals surface area contributed by atoms with E-state index >= 15 is 0 Å². The summed E-state index contributed by atoms with van der Waals surface area (Å²) in [6, 6.07) is 4.84. The molecule has 0 saturated heterocycles. The molecule has 90 valence electrons. The third kappa shape index (κ3) is 2.75. The van der Waals surface area contributed by atoms with Crippen LogP contribution in [0, 0.1) is 0 Å². The van der Waals surface area contributed by atoms with Crippen molar-refractivity contribution >= 4 is 29.6 Å². The van der Waals surface area contributed by atoms with Gasteiger partial charge in [-0.3, -0.25) is 0 Å². The van der Waals surface area contributed by atoms with Crippen LogP contribution in [0.15, 0.2) is 34.1 Å². The molecule has 0 saturated carbocycles. The highest BCUT2D eigenvalue weighted by Crippen LogP contribution is 2.20. The molecule has 0 spiro atoms. The van der Waals surface area contributed by atoms with Crippen molar-refractivity contribution in [2.24, 2.45) is 0 Å². The van der Waals surface area contributed by atoms with Gasteiger partial charge in [-0.2, -0.15) is 0 Å². The number of hydrogen-bond acceptors (Lipinski definition) is 4. The van der Waals surface area contributed by atoms with Gasteiger partial charge in [-0.05, 0) is 38.1 Å². The Hall–Kier alpha value is -0.590. The summed E-state index contributed by atoms with van der Waals surface area (Å²) in [5.74, 6) is 0. The highest BCUT2D eigenvalue weighted by molar-refractivity contribution is 8.13. The van der Waals surface area contributed by atoms with Crippen LogP contribution in [0.1, 0.15) is 13.8 Å². The molecule has 0 amide bonds. The van der Waals surface area contributed by atoms with Gasteiger partial charge in [-0.25, -0.2) is 16.8 Å². The summed E-state index contributed by atoms with van der Waals surface area (Å²) in [4.78, 5) is -0.0246. The first kappa shape index (κ1) is 13.5. The molecule has 0 N–H and O–H groups in total. The predicted molar refractivity (Wildman–Crippen MR) is 61.8 cm³/mol. The van der Waals surface area contributed by atoms with Gasteiger partial charge < -0.3 is 0 Å². The maximum absolute atomic E-state index is 11.7. The average Bonchev–Trinajstić information content (AvgIpc) is 2.16. The van der Waals surface area contributed by atoms with Gasteiger partial charge in [-0.1, -0.05) is 0 Å². The lowest BCUT2D eigenvalue weighted by Gasteiger charge is -2.07. The van der Waals surface area contributed by atoms with Gasteiger partial charge in [-0.15, -0.1) is 0 Å². The molecule has 0 atom stereocenters. The number of sulfone groups is 1. The Kier molecular flexibility index (Phi) is 3.66. The van der Waals surface area contributed by atoms with Crippen LogP contribution in [0.4, 0.5) is 0 Å². The van der Waals surface area contributed by atoms with Gasteiger partial charge in [0.25, 0.3) is 9.05 Å². The van der Waals surface area contributed by atoms with Crippen LogP contribution >= 0.6 is 10.7 Å². The molecule has 16 heavy (non-hydrogen) atoms. The van der Waals surface area contributed by atoms with Crippen LogP contribution in [0.5, 0.6) is 0 Å². The van der Waals surface area contributed by atoms with Gasteiger partial charge in [0.05, 0.1) is 15.0 Å². The first-order valence-electron chi connectivity index (χ1n) is 4.44. The third-order valence-electron chi connectivity index (χ3n) is 2.05. The van der Waals surface area contributed by atoms with Crippen LogP contribution < -0.4 is 0 Å². The number of hydrogen-bond donors (Lipinski definition) is 0. The molecular formula is C9H11ClO4S2. The minimum Gasteiger partial charge on any atom is -0.223 e. The van der Waals surface area contributed by atoms with Crippen LogP contribution in [-0.2, 0) is 18.9 Å². The van der Waals surface area contributed by atoms with Crippen molar-refractivity contribution in [1.82, 2.24) is 0 Å². The molecule has 0 aliphatic rings. The van der Waals surface area contributed by atoms with Crippen molar-refractivity contribution in [1.29, 1.82) is 0 Å². The minimum atomic E-state index is -3.81. The Labute approximate surface area is 99.6 Å². The summed E-state index contributed by atoms with van der Waals surface area (Å²) < 4.78 is 45.3. The van der Waals surface area contributed by atoms with E-state index in [9.17, 15) is 16.8 Å². The summed E-state index contributed by atoms with van der Waals surface area (Å²) in [6.45, 7) is 3.11. The topological polar surface area (TPSA) is 68.3 Å². The van der Waals surface area contributed by atoms with Gasteiger partial charge >= 0.3 is 0 Å². The summed E-state index contributed by atoms with van der Waals surface area (Å²) >= 11 is 0. The quantitative estimate of drug-likeness (QED) is 0.793. The van der Waals surface area contributed by atoms with Crippen LogP contribution in [0.2, 0.25) is 0 Å². The molecule has 1 rings (SSSR count). The van der Waals surface area contributed by atoms with Crippen molar-refractivity contribution < 1.29 is 16.8 Å². The second kappa shape index (κ2) is 4.35. The maximum atomic E-state index is 11.7. The highest BCUT2D eigenvalue weighted by atomic mass is 35.7. The van der Waals surface area contributed by atoms with E-state index in [4.69, 9.17) is 10.7 Å². The molecular weight excluding hydrogens is 272 g/mol. The van der Waals surface area contributed by atoms with Gasteiger partial charge in [0, 0.05) is 10.7 Å². The highest BCUT2D eigenvalue weighted by Gasteiger charge is 2.19. The second-order valence-corrected chi connectivity index (χ2v) is 8.57. The lowest BCUT2D eigenvalue weighted by molar-refractivity contribution is 0.587. The zero-order valence-corrected chi connectivity index (χ0v) is 11.1. The lowest BCUT2D eigenvalue weighted by Crippen LogP contribution is -2.13. The molecule has 1 aromatic carbocycles. The van der Waals surface area contributed by atoms with Gasteiger partial charge in [0.15, 0.2) is 9.84 Å². The van der Waals surface area contributed by atoms with E-state index in [1.165, 1.54) is 24.3 Å². The SMILES string of the molecule is CC(C)S(=O)(=O)c1ccc(S(=O)(=O)Cl)cc1. The Balaban J connectivity index is 3.25. The second-order valence-electron chi connectivity index (χ2n) is 3.50. The fraction of sp³-hybridized carbons (Fsp3) is 0.333. The van der Waals surface area contributed by atoms with E-state index in [0.717, 1.165) is 0 Å². The Morgan fingerprint density at radius 1 is 0.938 bits per heavy atom. The first-order chi connectivity index (χ1) is 7.15. The molecule has 4 nitrogen and oxygen atoms in total. The molecule has 0 fully saturated rings. The van der Waals surface area contributed by atoms with E-state index < -0.39 is 24.1 Å². The maximum Gasteiger partial charge on any atom is 0.261 e. The van der Waals surface area contributed by atoms with Crippen molar-refractivity contribution in [3.63, 3.8) is 0 Å². The van der Waals surface area contributed by atoms with E-state index in [1.54, 1.807) is 13.8 Å². The van der Waals surface area contributed by atoms with E-state index in [2.05, 4.69) is 0 Å². The third-order valence-corrected chi connectivity index (χ3v) is 5.59. The zero-order chi connectivity index (χ0) is 12.6. The van der Waals surface area contributed by atoms with Crippen molar-refractivity contribution in [3.05, 3.63) is 24.3 Å². The Bertz CT molecular complexity index is 570. The zero-order valence-electron chi connectivity index (χ0n) is 8.71. The summed E-state index contributed by atoms with van der Waals surface area (Å²) in [5.41, 5.74) is 0. The van der Waals surface area contributed by atoms with E-state index in [0.29, 0.717) is 0 Å². The van der Waals surface area contributed by atoms with Gasteiger partial charge in [0.1, 0.15) is 0 Å². The summed E-state index contributed by atoms with van der Waals surface area (Å²) in [6.07, 6.45) is 0.